The highest BCUT2D eigenvalue weighted by Gasteiger charge is 2.17. The normalized spacial score (nSPS) is 11.9. The molecule has 0 radical (unpaired) electrons. The number of hydrogen-bond acceptors (Lipinski definition) is 3. The SMILES string of the molecule is Nc1cc(-c2cccc3oc4ccccc4c23)c2c(c1)oc1ccccc12. The molecule has 3 heteroatoms. The van der Waals surface area contributed by atoms with Gasteiger partial charge >= 0.3 is 0 Å². The standard InChI is InChI=1S/C24H15NO2/c25-14-12-18(24-17-7-2-4-10-20(17)27-22(24)13-14)15-8-5-11-21-23(15)16-6-1-3-9-19(16)26-21/h1-13H,25H2. The molecule has 128 valence electrons. The van der Waals surface area contributed by atoms with Gasteiger partial charge in [-0.15, -0.1) is 0 Å². The third kappa shape index (κ3) is 1.97. The number of hydrogen-bond donors (Lipinski definition) is 1. The molecule has 0 atom stereocenters. The molecule has 0 unspecified atom stereocenters. The predicted octanol–water partition coefficient (Wildman–Crippen LogP) is 6.73. The number of para-hydroxylation sites is 2. The molecule has 2 aromatic heterocycles. The van der Waals surface area contributed by atoms with Crippen LogP contribution in [0.3, 0.4) is 0 Å². The first-order valence-corrected chi connectivity index (χ1v) is 8.91. The van der Waals surface area contributed by atoms with Crippen LogP contribution in [0.5, 0.6) is 0 Å². The Hall–Kier alpha value is -3.72. The fraction of sp³-hybridized carbons (Fsp3) is 0. The maximum absolute atomic E-state index is 6.23. The van der Waals surface area contributed by atoms with Crippen LogP contribution in [-0.4, -0.2) is 0 Å². The van der Waals surface area contributed by atoms with Gasteiger partial charge in [-0.05, 0) is 35.4 Å². The average molecular weight is 349 g/mol. The average Bonchev–Trinajstić information content (AvgIpc) is 3.25. The van der Waals surface area contributed by atoms with Crippen molar-refractivity contribution in [1.82, 2.24) is 0 Å². The van der Waals surface area contributed by atoms with Crippen LogP contribution in [0.2, 0.25) is 0 Å². The van der Waals surface area contributed by atoms with Crippen LogP contribution in [-0.2, 0) is 0 Å². The van der Waals surface area contributed by atoms with Gasteiger partial charge in [-0.2, -0.15) is 0 Å². The van der Waals surface area contributed by atoms with Gasteiger partial charge in [0, 0.05) is 33.3 Å². The van der Waals surface area contributed by atoms with Crippen LogP contribution >= 0.6 is 0 Å². The van der Waals surface area contributed by atoms with Gasteiger partial charge in [0.15, 0.2) is 0 Å². The highest BCUT2D eigenvalue weighted by Crippen LogP contribution is 2.43. The van der Waals surface area contributed by atoms with E-state index in [0.29, 0.717) is 5.69 Å². The lowest BCUT2D eigenvalue weighted by atomic mass is 9.95. The van der Waals surface area contributed by atoms with E-state index in [1.165, 1.54) is 0 Å². The second-order valence-electron chi connectivity index (χ2n) is 6.82. The Morgan fingerprint density at radius 2 is 1.11 bits per heavy atom. The van der Waals surface area contributed by atoms with Crippen LogP contribution in [0.4, 0.5) is 5.69 Å². The van der Waals surface area contributed by atoms with E-state index in [0.717, 1.165) is 55.0 Å². The van der Waals surface area contributed by atoms with Gasteiger partial charge in [0.1, 0.15) is 22.3 Å². The molecule has 0 bridgehead atoms. The van der Waals surface area contributed by atoms with Crippen molar-refractivity contribution in [2.24, 2.45) is 0 Å². The van der Waals surface area contributed by atoms with Crippen LogP contribution < -0.4 is 5.73 Å². The maximum Gasteiger partial charge on any atom is 0.138 e. The topological polar surface area (TPSA) is 52.3 Å². The van der Waals surface area contributed by atoms with Crippen LogP contribution in [0.15, 0.2) is 87.7 Å². The third-order valence-electron chi connectivity index (χ3n) is 5.19. The predicted molar refractivity (Wildman–Crippen MR) is 111 cm³/mol. The van der Waals surface area contributed by atoms with Gasteiger partial charge in [-0.3, -0.25) is 0 Å². The lowest BCUT2D eigenvalue weighted by molar-refractivity contribution is 0.668. The van der Waals surface area contributed by atoms with E-state index in [-0.39, 0.29) is 0 Å². The van der Waals surface area contributed by atoms with Gasteiger partial charge in [0.05, 0.1) is 0 Å². The van der Waals surface area contributed by atoms with E-state index in [1.807, 2.05) is 60.7 Å². The molecule has 0 aliphatic carbocycles. The lowest BCUT2D eigenvalue weighted by Gasteiger charge is -2.07. The first-order valence-electron chi connectivity index (χ1n) is 8.91. The highest BCUT2D eigenvalue weighted by atomic mass is 16.3. The van der Waals surface area contributed by atoms with E-state index in [2.05, 4.69) is 18.2 Å². The van der Waals surface area contributed by atoms with Crippen molar-refractivity contribution in [3.8, 4) is 11.1 Å². The van der Waals surface area contributed by atoms with Gasteiger partial charge in [-0.25, -0.2) is 0 Å². The zero-order chi connectivity index (χ0) is 18.0. The summed E-state index contributed by atoms with van der Waals surface area (Å²) in [6.07, 6.45) is 0. The van der Waals surface area contributed by atoms with Crippen molar-refractivity contribution in [2.75, 3.05) is 5.73 Å². The van der Waals surface area contributed by atoms with Crippen molar-refractivity contribution in [2.45, 2.75) is 0 Å². The summed E-state index contributed by atoms with van der Waals surface area (Å²) in [6.45, 7) is 0. The van der Waals surface area contributed by atoms with Gasteiger partial charge in [0.2, 0.25) is 0 Å². The first-order chi connectivity index (χ1) is 13.3. The third-order valence-corrected chi connectivity index (χ3v) is 5.19. The largest absolute Gasteiger partial charge is 0.456 e. The summed E-state index contributed by atoms with van der Waals surface area (Å²) in [6, 6.07) is 26.3. The fourth-order valence-corrected chi connectivity index (χ4v) is 4.09. The number of benzene rings is 4. The van der Waals surface area contributed by atoms with E-state index in [4.69, 9.17) is 14.6 Å². The lowest BCUT2D eigenvalue weighted by Crippen LogP contribution is -1.87. The molecule has 0 fully saturated rings. The molecule has 0 amide bonds. The summed E-state index contributed by atoms with van der Waals surface area (Å²) >= 11 is 0. The molecule has 4 aromatic carbocycles. The number of rotatable bonds is 1. The molecule has 0 aliphatic heterocycles. The molecule has 2 N–H and O–H groups in total. The fourth-order valence-electron chi connectivity index (χ4n) is 4.09. The maximum atomic E-state index is 6.23. The monoisotopic (exact) mass is 349 g/mol. The number of nitrogens with two attached hydrogens (primary N) is 1. The number of furan rings is 2. The summed E-state index contributed by atoms with van der Waals surface area (Å²) in [5.74, 6) is 0. The summed E-state index contributed by atoms with van der Waals surface area (Å²) < 4.78 is 12.1. The minimum Gasteiger partial charge on any atom is -0.456 e. The first kappa shape index (κ1) is 14.4. The quantitative estimate of drug-likeness (QED) is 0.335. The smallest absolute Gasteiger partial charge is 0.138 e. The molecule has 0 spiro atoms. The molecule has 6 aromatic rings. The Balaban J connectivity index is 1.83. The van der Waals surface area contributed by atoms with Crippen molar-refractivity contribution in [3.63, 3.8) is 0 Å². The molecule has 0 saturated heterocycles. The van der Waals surface area contributed by atoms with Crippen molar-refractivity contribution >= 4 is 49.6 Å². The number of nitrogen functional groups attached to an aromatic ring is 1. The van der Waals surface area contributed by atoms with Crippen LogP contribution in [0, 0.1) is 0 Å². The highest BCUT2D eigenvalue weighted by molar-refractivity contribution is 6.19. The molecule has 27 heavy (non-hydrogen) atoms. The van der Waals surface area contributed by atoms with Crippen molar-refractivity contribution < 1.29 is 8.83 Å². The van der Waals surface area contributed by atoms with Crippen molar-refractivity contribution in [3.05, 3.63) is 78.9 Å². The Morgan fingerprint density at radius 3 is 1.85 bits per heavy atom. The number of fused-ring (bicyclic) bond motifs is 6. The second kappa shape index (κ2) is 5.15. The molecule has 2 heterocycles. The molecular formula is C24H15NO2. The zero-order valence-corrected chi connectivity index (χ0v) is 14.4. The van der Waals surface area contributed by atoms with E-state index >= 15 is 0 Å². The van der Waals surface area contributed by atoms with Crippen LogP contribution in [0.25, 0.3) is 55.0 Å². The van der Waals surface area contributed by atoms with E-state index in [9.17, 15) is 0 Å². The summed E-state index contributed by atoms with van der Waals surface area (Å²) in [5, 5.41) is 4.38. The summed E-state index contributed by atoms with van der Waals surface area (Å²) in [7, 11) is 0. The molecule has 0 saturated carbocycles. The second-order valence-corrected chi connectivity index (χ2v) is 6.82. The molecule has 3 nitrogen and oxygen atoms in total. The minimum atomic E-state index is 0.682. The molecule has 6 rings (SSSR count). The van der Waals surface area contributed by atoms with E-state index in [1.54, 1.807) is 0 Å². The van der Waals surface area contributed by atoms with Crippen LogP contribution in [0.1, 0.15) is 0 Å². The number of anilines is 1. The Kier molecular flexibility index (Phi) is 2.75. The van der Waals surface area contributed by atoms with Crippen molar-refractivity contribution in [1.29, 1.82) is 0 Å². The Bertz CT molecular complexity index is 1490. The van der Waals surface area contributed by atoms with Gasteiger partial charge in [0.25, 0.3) is 0 Å². The van der Waals surface area contributed by atoms with Gasteiger partial charge in [-0.1, -0.05) is 48.5 Å². The summed E-state index contributed by atoms with van der Waals surface area (Å²) in [5.41, 5.74) is 12.5. The summed E-state index contributed by atoms with van der Waals surface area (Å²) in [4.78, 5) is 0. The van der Waals surface area contributed by atoms with Gasteiger partial charge < -0.3 is 14.6 Å². The van der Waals surface area contributed by atoms with E-state index < -0.39 is 0 Å². The Labute approximate surface area is 154 Å². The zero-order valence-electron chi connectivity index (χ0n) is 14.4. The minimum absolute atomic E-state index is 0.682. The molecule has 0 aliphatic rings. The Morgan fingerprint density at radius 1 is 0.519 bits per heavy atom. The molecular weight excluding hydrogens is 334 g/mol.